The molecule has 0 aromatic rings. The number of carbonyl (C=O) groups excluding carboxylic acids is 2. The van der Waals surface area contributed by atoms with Crippen molar-refractivity contribution in [1.82, 2.24) is 0 Å². The molecule has 0 fully saturated rings. The highest BCUT2D eigenvalue weighted by atomic mass is 31.2. The van der Waals surface area contributed by atoms with Crippen LogP contribution in [0.4, 0.5) is 0 Å². The van der Waals surface area contributed by atoms with E-state index < -0.39 is 32.4 Å². The highest BCUT2D eigenvalue weighted by molar-refractivity contribution is 7.52. The van der Waals surface area contributed by atoms with Gasteiger partial charge in [-0.15, -0.1) is 0 Å². The van der Waals surface area contributed by atoms with Gasteiger partial charge in [-0.2, -0.15) is 0 Å². The van der Waals surface area contributed by atoms with Crippen LogP contribution in [0.2, 0.25) is 0 Å². The Morgan fingerprint density at radius 1 is 0.583 bits per heavy atom. The molecule has 0 radical (unpaired) electrons. The number of esters is 2. The van der Waals surface area contributed by atoms with E-state index in [9.17, 15) is 19.0 Å². The highest BCUT2D eigenvalue weighted by Crippen LogP contribution is 2.41. The molecule has 0 aromatic heterocycles. The Bertz CT molecular complexity index is 803. The maximum atomic E-state index is 12.5. The lowest BCUT2D eigenvalue weighted by Gasteiger charge is -2.20. The van der Waals surface area contributed by atoms with Crippen LogP contribution in [0.3, 0.4) is 0 Å². The van der Waals surface area contributed by atoms with Crippen molar-refractivity contribution in [2.45, 2.75) is 200 Å². The minimum Gasteiger partial charge on any atom is -0.462 e. The van der Waals surface area contributed by atoms with Crippen LogP contribution in [0.15, 0.2) is 12.2 Å². The van der Waals surface area contributed by atoms with Crippen LogP contribution in [-0.4, -0.2) is 54.0 Å². The molecule has 0 aliphatic heterocycles. The largest absolute Gasteiger partial charge is 0.462 e. The van der Waals surface area contributed by atoms with Crippen molar-refractivity contribution in [2.75, 3.05) is 26.0 Å². The number of rotatable bonds is 37. The van der Waals surface area contributed by atoms with Gasteiger partial charge in [-0.25, -0.2) is 0 Å². The summed E-state index contributed by atoms with van der Waals surface area (Å²) in [5.41, 5.74) is 0. The summed E-state index contributed by atoms with van der Waals surface area (Å²) in [6, 6.07) is 0. The maximum absolute atomic E-state index is 12.5. The number of ether oxygens (including phenoxy) is 2. The molecule has 0 spiro atoms. The number of carbonyl (C=O) groups is 2. The van der Waals surface area contributed by atoms with Crippen molar-refractivity contribution in [3.63, 3.8) is 0 Å². The molecule has 0 amide bonds. The summed E-state index contributed by atoms with van der Waals surface area (Å²) >= 11 is 0. The van der Waals surface area contributed by atoms with E-state index in [1.54, 1.807) is 0 Å². The molecule has 48 heavy (non-hydrogen) atoms. The second kappa shape index (κ2) is 35.6. The molecule has 0 aliphatic rings. The van der Waals surface area contributed by atoms with E-state index in [4.69, 9.17) is 19.1 Å². The predicted octanol–water partition coefficient (Wildman–Crippen LogP) is 11.2. The summed E-state index contributed by atoms with van der Waals surface area (Å²) in [5, 5.41) is 9.00. The zero-order valence-corrected chi connectivity index (χ0v) is 32.0. The van der Waals surface area contributed by atoms with Crippen LogP contribution in [0, 0.1) is 0 Å². The van der Waals surface area contributed by atoms with Gasteiger partial charge in [-0.1, -0.05) is 154 Å². The third-order valence-electron chi connectivity index (χ3n) is 8.70. The van der Waals surface area contributed by atoms with Crippen molar-refractivity contribution in [3.05, 3.63) is 12.2 Å². The van der Waals surface area contributed by atoms with Gasteiger partial charge in [0.1, 0.15) is 6.61 Å². The fourth-order valence-corrected chi connectivity index (χ4v) is 6.42. The lowest BCUT2D eigenvalue weighted by atomic mass is 10.0. The quantitative estimate of drug-likeness (QED) is 0.0284. The Labute approximate surface area is 295 Å². The summed E-state index contributed by atoms with van der Waals surface area (Å²) < 4.78 is 27.9. The summed E-state index contributed by atoms with van der Waals surface area (Å²) in [7, 11) is -4.02. The average molecular weight is 703 g/mol. The number of allylic oxidation sites excluding steroid dienone is 2. The molecule has 0 aromatic carbocycles. The van der Waals surface area contributed by atoms with Gasteiger partial charge in [0.2, 0.25) is 0 Å². The van der Waals surface area contributed by atoms with Gasteiger partial charge in [-0.05, 0) is 38.5 Å². The molecule has 9 heteroatoms. The molecule has 284 valence electrons. The minimum atomic E-state index is -4.02. The molecule has 8 nitrogen and oxygen atoms in total. The van der Waals surface area contributed by atoms with E-state index in [0.717, 1.165) is 51.4 Å². The predicted molar refractivity (Wildman–Crippen MR) is 198 cm³/mol. The minimum absolute atomic E-state index is 0.228. The van der Waals surface area contributed by atoms with Gasteiger partial charge in [0, 0.05) is 12.8 Å². The molecule has 0 rings (SSSR count). The Morgan fingerprint density at radius 2 is 0.979 bits per heavy atom. The van der Waals surface area contributed by atoms with Crippen LogP contribution < -0.4 is 0 Å². The van der Waals surface area contributed by atoms with Crippen LogP contribution in [0.5, 0.6) is 0 Å². The maximum Gasteiger partial charge on any atom is 0.330 e. The summed E-state index contributed by atoms with van der Waals surface area (Å²) in [5.74, 6) is -0.817. The van der Waals surface area contributed by atoms with Crippen molar-refractivity contribution in [1.29, 1.82) is 0 Å². The molecule has 0 aliphatic carbocycles. The number of hydrogen-bond donors (Lipinski definition) is 2. The fraction of sp³-hybridized carbons (Fsp3) is 0.897. The molecule has 0 saturated carbocycles. The first-order chi connectivity index (χ1) is 23.3. The lowest BCUT2D eigenvalue weighted by molar-refractivity contribution is -0.161. The van der Waals surface area contributed by atoms with Crippen molar-refractivity contribution in [2.24, 2.45) is 0 Å². The van der Waals surface area contributed by atoms with Crippen LogP contribution in [-0.2, 0) is 28.2 Å². The normalized spacial score (nSPS) is 13.5. The van der Waals surface area contributed by atoms with Crippen molar-refractivity contribution >= 4 is 19.5 Å². The standard InChI is InChI=1S/C39H75O8P/c1-3-5-7-9-11-13-15-17-18-20-22-24-26-28-30-32-39(42)47-37(36-46-48(43,44)34-33-40)35-45-38(41)31-29-27-25-23-21-19-16-14-12-10-8-6-4-2/h17-18,37,40H,3-16,19-36H2,1-2H3,(H,43,44)/t37-/m1/s1. The zero-order chi connectivity index (χ0) is 35.4. The third-order valence-corrected chi connectivity index (χ3v) is 10.0. The Hall–Kier alpha value is -1.21. The number of hydrogen-bond acceptors (Lipinski definition) is 7. The van der Waals surface area contributed by atoms with Crippen LogP contribution >= 0.6 is 7.60 Å². The molecule has 1 unspecified atom stereocenters. The van der Waals surface area contributed by atoms with E-state index in [1.165, 1.54) is 109 Å². The van der Waals surface area contributed by atoms with E-state index in [2.05, 4.69) is 26.0 Å². The van der Waals surface area contributed by atoms with Gasteiger partial charge in [0.05, 0.1) is 19.4 Å². The monoisotopic (exact) mass is 703 g/mol. The number of aliphatic hydroxyl groups excluding tert-OH is 1. The molecular formula is C39H75O8P. The van der Waals surface area contributed by atoms with Gasteiger partial charge in [0.15, 0.2) is 6.10 Å². The second-order valence-corrected chi connectivity index (χ2v) is 15.5. The SMILES string of the molecule is CCCCCCCCC=CCCCCCCCC(=O)O[C@H](COC(=O)CCCCCCCCCCCCCCC)COP(=O)(O)CCO. The number of unbranched alkanes of at least 4 members (excludes halogenated alkanes) is 23. The van der Waals surface area contributed by atoms with E-state index in [1.807, 2.05) is 0 Å². The van der Waals surface area contributed by atoms with Crippen LogP contribution in [0.1, 0.15) is 194 Å². The van der Waals surface area contributed by atoms with Crippen molar-refractivity contribution in [3.8, 4) is 0 Å². The van der Waals surface area contributed by atoms with Gasteiger partial charge in [-0.3, -0.25) is 14.2 Å². The van der Waals surface area contributed by atoms with E-state index in [0.29, 0.717) is 6.42 Å². The molecule has 0 heterocycles. The van der Waals surface area contributed by atoms with E-state index in [-0.39, 0.29) is 32.0 Å². The Kier molecular flexibility index (Phi) is 34.7. The number of aliphatic hydroxyl groups is 1. The third kappa shape index (κ3) is 34.6. The Balaban J connectivity index is 4.12. The van der Waals surface area contributed by atoms with E-state index >= 15 is 0 Å². The second-order valence-electron chi connectivity index (χ2n) is 13.5. The topological polar surface area (TPSA) is 119 Å². The highest BCUT2D eigenvalue weighted by Gasteiger charge is 2.24. The fourth-order valence-electron chi connectivity index (χ4n) is 5.64. The zero-order valence-electron chi connectivity index (χ0n) is 31.2. The van der Waals surface area contributed by atoms with Gasteiger partial charge in [0.25, 0.3) is 0 Å². The molecule has 2 N–H and O–H groups in total. The first kappa shape index (κ1) is 46.8. The van der Waals surface area contributed by atoms with Crippen LogP contribution in [0.25, 0.3) is 0 Å². The Morgan fingerprint density at radius 3 is 1.42 bits per heavy atom. The summed E-state index contributed by atoms with van der Waals surface area (Å²) in [4.78, 5) is 34.6. The molecule has 0 saturated heterocycles. The lowest BCUT2D eigenvalue weighted by Crippen LogP contribution is -2.29. The van der Waals surface area contributed by atoms with Gasteiger partial charge >= 0.3 is 19.5 Å². The summed E-state index contributed by atoms with van der Waals surface area (Å²) in [6.45, 7) is 3.39. The average Bonchev–Trinajstić information content (AvgIpc) is 3.06. The first-order valence-corrected chi connectivity index (χ1v) is 21.7. The molecule has 2 atom stereocenters. The molecule has 0 bridgehead atoms. The smallest absolute Gasteiger partial charge is 0.330 e. The van der Waals surface area contributed by atoms with Gasteiger partial charge < -0.3 is 24.0 Å². The van der Waals surface area contributed by atoms with Crippen molar-refractivity contribution < 1.29 is 38.2 Å². The molecular weight excluding hydrogens is 627 g/mol. The first-order valence-electron chi connectivity index (χ1n) is 19.9. The summed E-state index contributed by atoms with van der Waals surface area (Å²) in [6.07, 6.45) is 34.9.